The molecule has 6 aromatic rings. The van der Waals surface area contributed by atoms with Crippen LogP contribution in [0.4, 0.5) is 0 Å². The quantitative estimate of drug-likeness (QED) is 0.160. The number of benzene rings is 5. The standard InChI is InChI=1S/C29H22NP/c1-31(2)22-11-7-10-21(18-22)27-25-16-14-19-8-3-5-12-23(19)28(25)30-29-24-13-6-4-9-20(24)15-17-26(27)29/h3-18H,1-2H3. The van der Waals surface area contributed by atoms with Gasteiger partial charge >= 0.3 is 0 Å². The summed E-state index contributed by atoms with van der Waals surface area (Å²) in [5.74, 6) is 0. The van der Waals surface area contributed by atoms with E-state index in [0.29, 0.717) is 0 Å². The molecule has 6 rings (SSSR count). The van der Waals surface area contributed by atoms with Gasteiger partial charge < -0.3 is 0 Å². The molecule has 148 valence electrons. The van der Waals surface area contributed by atoms with Crippen molar-refractivity contribution in [1.82, 2.24) is 4.98 Å². The van der Waals surface area contributed by atoms with Crippen LogP contribution in [0.5, 0.6) is 0 Å². The van der Waals surface area contributed by atoms with E-state index in [1.54, 1.807) is 0 Å². The topological polar surface area (TPSA) is 12.9 Å². The van der Waals surface area contributed by atoms with Gasteiger partial charge in [-0.25, -0.2) is 4.98 Å². The van der Waals surface area contributed by atoms with Crippen LogP contribution in [0.15, 0.2) is 97.1 Å². The van der Waals surface area contributed by atoms with Crippen molar-refractivity contribution in [3.05, 3.63) is 97.1 Å². The Morgan fingerprint density at radius 3 is 1.71 bits per heavy atom. The SMILES string of the molecule is CP(C)c1cccc(-c2c3ccc4ccccc4c3nc3c2ccc2ccccc23)c1. The zero-order valence-corrected chi connectivity index (χ0v) is 18.5. The third kappa shape index (κ3) is 2.92. The van der Waals surface area contributed by atoms with E-state index in [2.05, 4.69) is 110 Å². The molecular formula is C29H22NP. The van der Waals surface area contributed by atoms with E-state index in [0.717, 1.165) is 11.0 Å². The summed E-state index contributed by atoms with van der Waals surface area (Å²) in [5, 5.41) is 8.73. The van der Waals surface area contributed by atoms with Crippen LogP contribution >= 0.6 is 7.92 Å². The zero-order chi connectivity index (χ0) is 20.9. The first kappa shape index (κ1) is 18.5. The van der Waals surface area contributed by atoms with E-state index in [-0.39, 0.29) is 7.92 Å². The molecule has 0 radical (unpaired) electrons. The van der Waals surface area contributed by atoms with Gasteiger partial charge in [-0.05, 0) is 41.0 Å². The van der Waals surface area contributed by atoms with Crippen molar-refractivity contribution < 1.29 is 0 Å². The number of nitrogens with zero attached hydrogens (tertiary/aromatic N) is 1. The number of rotatable bonds is 2. The normalized spacial score (nSPS) is 11.8. The average molecular weight is 415 g/mol. The first-order valence-electron chi connectivity index (χ1n) is 10.6. The number of fused-ring (bicyclic) bond motifs is 6. The molecule has 1 nitrogen and oxygen atoms in total. The van der Waals surface area contributed by atoms with Gasteiger partial charge in [0.2, 0.25) is 0 Å². The lowest BCUT2D eigenvalue weighted by atomic mass is 9.92. The third-order valence-electron chi connectivity index (χ3n) is 6.21. The minimum absolute atomic E-state index is 0.161. The average Bonchev–Trinajstić information content (AvgIpc) is 2.82. The lowest BCUT2D eigenvalue weighted by molar-refractivity contribution is 1.53. The lowest BCUT2D eigenvalue weighted by Crippen LogP contribution is -1.99. The number of hydrogen-bond donors (Lipinski definition) is 0. The Bertz CT molecular complexity index is 1520. The van der Waals surface area contributed by atoms with E-state index < -0.39 is 0 Å². The van der Waals surface area contributed by atoms with Gasteiger partial charge in [0.25, 0.3) is 0 Å². The molecule has 1 aromatic heterocycles. The van der Waals surface area contributed by atoms with Gasteiger partial charge in [-0.1, -0.05) is 98.9 Å². The first-order chi connectivity index (χ1) is 15.2. The van der Waals surface area contributed by atoms with Crippen LogP contribution in [-0.2, 0) is 0 Å². The summed E-state index contributed by atoms with van der Waals surface area (Å²) in [6.07, 6.45) is 0. The molecule has 0 fully saturated rings. The number of hydrogen-bond acceptors (Lipinski definition) is 1. The van der Waals surface area contributed by atoms with E-state index in [1.165, 1.54) is 48.7 Å². The Morgan fingerprint density at radius 2 is 1.13 bits per heavy atom. The van der Waals surface area contributed by atoms with Crippen molar-refractivity contribution in [1.29, 1.82) is 0 Å². The van der Waals surface area contributed by atoms with Gasteiger partial charge in [0.05, 0.1) is 11.0 Å². The predicted octanol–water partition coefficient (Wildman–Crippen LogP) is 7.73. The van der Waals surface area contributed by atoms with E-state index in [4.69, 9.17) is 4.98 Å². The summed E-state index contributed by atoms with van der Waals surface area (Å²) in [7, 11) is -0.161. The molecule has 0 saturated heterocycles. The Morgan fingerprint density at radius 1 is 0.548 bits per heavy atom. The minimum atomic E-state index is -0.161. The maximum atomic E-state index is 5.28. The fourth-order valence-corrected chi connectivity index (χ4v) is 5.44. The largest absolute Gasteiger partial charge is 0.246 e. The van der Waals surface area contributed by atoms with Crippen LogP contribution < -0.4 is 5.30 Å². The predicted molar refractivity (Wildman–Crippen MR) is 138 cm³/mol. The summed E-state index contributed by atoms with van der Waals surface area (Å²) < 4.78 is 0. The molecule has 0 spiro atoms. The second kappa shape index (κ2) is 7.15. The highest BCUT2D eigenvalue weighted by Crippen LogP contribution is 2.40. The summed E-state index contributed by atoms with van der Waals surface area (Å²) in [6, 6.07) is 35.2. The second-order valence-corrected chi connectivity index (χ2v) is 10.6. The van der Waals surface area contributed by atoms with Gasteiger partial charge in [0.1, 0.15) is 0 Å². The van der Waals surface area contributed by atoms with Crippen molar-refractivity contribution in [3.8, 4) is 11.1 Å². The molecule has 1 heterocycles. The molecule has 0 atom stereocenters. The molecule has 0 aliphatic carbocycles. The van der Waals surface area contributed by atoms with Gasteiger partial charge in [-0.15, -0.1) is 0 Å². The number of pyridine rings is 1. The zero-order valence-electron chi connectivity index (χ0n) is 17.6. The molecule has 0 bridgehead atoms. The fraction of sp³-hybridized carbons (Fsp3) is 0.0690. The highest BCUT2D eigenvalue weighted by molar-refractivity contribution is 7.64. The molecule has 31 heavy (non-hydrogen) atoms. The monoisotopic (exact) mass is 415 g/mol. The first-order valence-corrected chi connectivity index (χ1v) is 12.8. The molecule has 0 aliphatic heterocycles. The molecule has 0 amide bonds. The molecule has 0 saturated carbocycles. The van der Waals surface area contributed by atoms with Gasteiger partial charge in [-0.2, -0.15) is 0 Å². The van der Waals surface area contributed by atoms with Crippen LogP contribution in [0.2, 0.25) is 0 Å². The van der Waals surface area contributed by atoms with Crippen LogP contribution in [0, 0.1) is 0 Å². The Hall–Kier alpha value is -3.28. The van der Waals surface area contributed by atoms with Crippen molar-refractivity contribution in [2.45, 2.75) is 0 Å². The molecular weight excluding hydrogens is 393 g/mol. The summed E-state index contributed by atoms with van der Waals surface area (Å²) in [4.78, 5) is 5.28. The highest BCUT2D eigenvalue weighted by Gasteiger charge is 2.15. The van der Waals surface area contributed by atoms with Crippen LogP contribution in [-0.4, -0.2) is 18.3 Å². The van der Waals surface area contributed by atoms with Crippen molar-refractivity contribution >= 4 is 56.6 Å². The van der Waals surface area contributed by atoms with Gasteiger partial charge in [-0.3, -0.25) is 0 Å². The van der Waals surface area contributed by atoms with Crippen LogP contribution in [0.1, 0.15) is 0 Å². The van der Waals surface area contributed by atoms with Crippen molar-refractivity contribution in [2.75, 3.05) is 13.3 Å². The Balaban J connectivity index is 1.85. The number of aromatic nitrogens is 1. The highest BCUT2D eigenvalue weighted by atomic mass is 31.1. The molecule has 0 aliphatic rings. The molecule has 0 N–H and O–H groups in total. The second-order valence-electron chi connectivity index (χ2n) is 8.30. The maximum Gasteiger partial charge on any atom is 0.0794 e. The van der Waals surface area contributed by atoms with E-state index >= 15 is 0 Å². The smallest absolute Gasteiger partial charge is 0.0794 e. The van der Waals surface area contributed by atoms with Crippen LogP contribution in [0.3, 0.4) is 0 Å². The molecule has 5 aromatic carbocycles. The lowest BCUT2D eigenvalue weighted by Gasteiger charge is -2.16. The fourth-order valence-electron chi connectivity index (χ4n) is 4.66. The van der Waals surface area contributed by atoms with E-state index in [9.17, 15) is 0 Å². The third-order valence-corrected chi connectivity index (χ3v) is 7.53. The summed E-state index contributed by atoms with van der Waals surface area (Å²) in [6.45, 7) is 4.64. The summed E-state index contributed by atoms with van der Waals surface area (Å²) in [5.41, 5.74) is 4.72. The minimum Gasteiger partial charge on any atom is -0.246 e. The Kier molecular flexibility index (Phi) is 4.26. The van der Waals surface area contributed by atoms with Crippen LogP contribution in [0.25, 0.3) is 54.5 Å². The maximum absolute atomic E-state index is 5.28. The van der Waals surface area contributed by atoms with E-state index in [1.807, 2.05) is 0 Å². The van der Waals surface area contributed by atoms with Gasteiger partial charge in [0.15, 0.2) is 0 Å². The van der Waals surface area contributed by atoms with Gasteiger partial charge in [0, 0.05) is 27.1 Å². The Labute approximate surface area is 183 Å². The summed E-state index contributed by atoms with van der Waals surface area (Å²) >= 11 is 0. The molecule has 2 heteroatoms. The van der Waals surface area contributed by atoms with Crippen molar-refractivity contribution in [3.63, 3.8) is 0 Å². The van der Waals surface area contributed by atoms with Crippen molar-refractivity contribution in [2.24, 2.45) is 0 Å². The molecule has 0 unspecified atom stereocenters.